The minimum absolute atomic E-state index is 0.128. The molecule has 3 heterocycles. The van der Waals surface area contributed by atoms with E-state index in [0.717, 1.165) is 77.8 Å². The molecule has 0 amide bonds. The molecule has 0 radical (unpaired) electrons. The molecule has 10 aromatic carbocycles. The quantitative estimate of drug-likeness (QED) is 0.167. The van der Waals surface area contributed by atoms with Crippen molar-refractivity contribution in [2.75, 3.05) is 4.90 Å². The van der Waals surface area contributed by atoms with E-state index in [1.165, 1.54) is 49.5 Å². The Labute approximate surface area is 387 Å². The SMILES string of the molecule is CC1(C)c2ccccc2-c2ccc(N(c3ccc(-c4ccccc4)cc3)c3ccc(-n4c5ccccc5c5ccc6c7ccc8c9ccccc9n(-c9ccccc9)c8c7oc6c54)cc3)cc21. The van der Waals surface area contributed by atoms with Crippen molar-refractivity contribution >= 4 is 82.6 Å². The third kappa shape index (κ3) is 5.47. The molecule has 14 rings (SSSR count). The van der Waals surface area contributed by atoms with Gasteiger partial charge in [-0.2, -0.15) is 0 Å². The van der Waals surface area contributed by atoms with Gasteiger partial charge in [0.25, 0.3) is 0 Å². The number of hydrogen-bond donors (Lipinski definition) is 0. The van der Waals surface area contributed by atoms with Crippen LogP contribution < -0.4 is 4.90 Å². The molecule has 4 nitrogen and oxygen atoms in total. The molecule has 0 saturated heterocycles. The highest BCUT2D eigenvalue weighted by atomic mass is 16.3. The van der Waals surface area contributed by atoms with Gasteiger partial charge < -0.3 is 18.5 Å². The van der Waals surface area contributed by atoms with Gasteiger partial charge in [0.2, 0.25) is 0 Å². The normalized spacial score (nSPS) is 13.0. The van der Waals surface area contributed by atoms with Crippen molar-refractivity contribution in [2.45, 2.75) is 19.3 Å². The lowest BCUT2D eigenvalue weighted by Gasteiger charge is -2.28. The number of nitrogens with zero attached hydrogens (tertiary/aromatic N) is 3. The van der Waals surface area contributed by atoms with Crippen LogP contribution in [0, 0.1) is 0 Å². The van der Waals surface area contributed by atoms with E-state index in [-0.39, 0.29) is 5.41 Å². The molecule has 0 atom stereocenters. The fourth-order valence-corrected chi connectivity index (χ4v) is 11.4. The molecule has 316 valence electrons. The van der Waals surface area contributed by atoms with Crippen molar-refractivity contribution in [3.63, 3.8) is 0 Å². The highest BCUT2D eigenvalue weighted by molar-refractivity contribution is 6.26. The molecule has 1 aliphatic rings. The number of rotatable bonds is 6. The van der Waals surface area contributed by atoms with Gasteiger partial charge in [-0.25, -0.2) is 0 Å². The summed E-state index contributed by atoms with van der Waals surface area (Å²) in [6.07, 6.45) is 0. The van der Waals surface area contributed by atoms with Crippen LogP contribution in [0.25, 0.3) is 99.2 Å². The van der Waals surface area contributed by atoms with E-state index >= 15 is 0 Å². The Morgan fingerprint density at radius 1 is 0.358 bits per heavy atom. The molecule has 13 aromatic rings. The van der Waals surface area contributed by atoms with Crippen molar-refractivity contribution in [1.29, 1.82) is 0 Å². The topological polar surface area (TPSA) is 26.2 Å². The smallest absolute Gasteiger partial charge is 0.160 e. The van der Waals surface area contributed by atoms with Crippen LogP contribution in [-0.4, -0.2) is 9.13 Å². The van der Waals surface area contributed by atoms with Crippen LogP contribution in [0.3, 0.4) is 0 Å². The molecule has 0 N–H and O–H groups in total. The largest absolute Gasteiger partial charge is 0.452 e. The summed E-state index contributed by atoms with van der Waals surface area (Å²) in [5, 5.41) is 6.93. The maximum absolute atomic E-state index is 7.31. The summed E-state index contributed by atoms with van der Waals surface area (Å²) < 4.78 is 12.1. The van der Waals surface area contributed by atoms with Crippen LogP contribution in [0.4, 0.5) is 17.1 Å². The Morgan fingerprint density at radius 2 is 0.821 bits per heavy atom. The second kappa shape index (κ2) is 14.2. The number of fused-ring (bicyclic) bond motifs is 14. The molecular weight excluding hydrogens is 815 g/mol. The van der Waals surface area contributed by atoms with Crippen LogP contribution in [0.15, 0.2) is 229 Å². The summed E-state index contributed by atoms with van der Waals surface area (Å²) in [7, 11) is 0. The first-order valence-electron chi connectivity index (χ1n) is 23.2. The zero-order chi connectivity index (χ0) is 44.4. The first kappa shape index (κ1) is 37.7. The minimum atomic E-state index is -0.128. The maximum Gasteiger partial charge on any atom is 0.160 e. The van der Waals surface area contributed by atoms with Gasteiger partial charge in [-0.3, -0.25) is 0 Å². The number of aromatic nitrogens is 2. The molecule has 0 fully saturated rings. The predicted octanol–water partition coefficient (Wildman–Crippen LogP) is 17.2. The maximum atomic E-state index is 7.31. The first-order valence-corrected chi connectivity index (χ1v) is 23.2. The summed E-state index contributed by atoms with van der Waals surface area (Å²) in [5.41, 5.74) is 19.3. The lowest BCUT2D eigenvalue weighted by Crippen LogP contribution is -2.16. The third-order valence-electron chi connectivity index (χ3n) is 14.5. The van der Waals surface area contributed by atoms with E-state index in [1.807, 2.05) is 0 Å². The third-order valence-corrected chi connectivity index (χ3v) is 14.5. The molecule has 67 heavy (non-hydrogen) atoms. The zero-order valence-corrected chi connectivity index (χ0v) is 37.1. The van der Waals surface area contributed by atoms with Crippen LogP contribution >= 0.6 is 0 Å². The Hall–Kier alpha value is -8.60. The highest BCUT2D eigenvalue weighted by Gasteiger charge is 2.36. The van der Waals surface area contributed by atoms with Crippen LogP contribution in [0.1, 0.15) is 25.0 Å². The Balaban J connectivity index is 0.961. The number of hydrogen-bond acceptors (Lipinski definition) is 2. The van der Waals surface area contributed by atoms with Gasteiger partial charge in [-0.1, -0.05) is 153 Å². The minimum Gasteiger partial charge on any atom is -0.452 e. The molecule has 0 bridgehead atoms. The number of benzene rings is 10. The number of para-hydroxylation sites is 3. The van der Waals surface area contributed by atoms with Crippen LogP contribution in [-0.2, 0) is 5.41 Å². The van der Waals surface area contributed by atoms with Gasteiger partial charge in [0, 0.05) is 66.2 Å². The van der Waals surface area contributed by atoms with E-state index in [2.05, 4.69) is 252 Å². The number of furan rings is 1. The molecule has 1 aliphatic carbocycles. The average molecular weight is 858 g/mol. The summed E-state index contributed by atoms with van der Waals surface area (Å²) in [5.74, 6) is 0. The van der Waals surface area contributed by atoms with E-state index in [1.54, 1.807) is 0 Å². The van der Waals surface area contributed by atoms with E-state index in [9.17, 15) is 0 Å². The van der Waals surface area contributed by atoms with Crippen molar-refractivity contribution in [3.8, 4) is 33.6 Å². The lowest BCUT2D eigenvalue weighted by molar-refractivity contribution is 0.660. The molecule has 3 aromatic heterocycles. The zero-order valence-electron chi connectivity index (χ0n) is 37.1. The standard InChI is InChI=1S/C63H43N3O/c1-63(2)55-22-12-9-19-47(55)48-34-33-46(39-56(48)63)64(43-27-25-41(26-28-43)40-15-5-3-6-16-40)44-29-31-45(32-30-44)66-58-24-14-11-21-50(58)52-36-38-54-53-37-35-51-49-20-10-13-23-57(49)65(42-17-7-4-8-18-42)59(51)61(53)67-62(54)60(52)66/h3-39H,1-2H3. The monoisotopic (exact) mass is 857 g/mol. The predicted molar refractivity (Wildman–Crippen MR) is 280 cm³/mol. The summed E-state index contributed by atoms with van der Waals surface area (Å²) in [6, 6.07) is 81.7. The van der Waals surface area contributed by atoms with Gasteiger partial charge >= 0.3 is 0 Å². The van der Waals surface area contributed by atoms with Crippen LogP contribution in [0.2, 0.25) is 0 Å². The molecular formula is C63H43N3O. The van der Waals surface area contributed by atoms with E-state index in [0.29, 0.717) is 0 Å². The summed E-state index contributed by atoms with van der Waals surface area (Å²) in [6.45, 7) is 4.71. The Kier molecular flexibility index (Phi) is 8.00. The van der Waals surface area contributed by atoms with Crippen molar-refractivity contribution < 1.29 is 4.42 Å². The van der Waals surface area contributed by atoms with Gasteiger partial charge in [0.15, 0.2) is 11.2 Å². The molecule has 0 spiro atoms. The fraction of sp³-hybridized carbons (Fsp3) is 0.0476. The van der Waals surface area contributed by atoms with E-state index < -0.39 is 0 Å². The van der Waals surface area contributed by atoms with Gasteiger partial charge in [-0.05, 0) is 118 Å². The van der Waals surface area contributed by atoms with Crippen molar-refractivity contribution in [3.05, 3.63) is 236 Å². The second-order valence-corrected chi connectivity index (χ2v) is 18.5. The summed E-state index contributed by atoms with van der Waals surface area (Å²) in [4.78, 5) is 2.40. The Bertz CT molecular complexity index is 4100. The second-order valence-electron chi connectivity index (χ2n) is 18.5. The van der Waals surface area contributed by atoms with Crippen molar-refractivity contribution in [1.82, 2.24) is 9.13 Å². The van der Waals surface area contributed by atoms with Gasteiger partial charge in [0.1, 0.15) is 0 Å². The fourth-order valence-electron chi connectivity index (χ4n) is 11.4. The number of anilines is 3. The summed E-state index contributed by atoms with van der Waals surface area (Å²) >= 11 is 0. The van der Waals surface area contributed by atoms with Gasteiger partial charge in [-0.15, -0.1) is 0 Å². The molecule has 0 saturated carbocycles. The lowest BCUT2D eigenvalue weighted by atomic mass is 9.82. The Morgan fingerprint density at radius 3 is 1.45 bits per heavy atom. The van der Waals surface area contributed by atoms with Crippen LogP contribution in [0.5, 0.6) is 0 Å². The van der Waals surface area contributed by atoms with Gasteiger partial charge in [0.05, 0.1) is 22.1 Å². The van der Waals surface area contributed by atoms with Crippen molar-refractivity contribution in [2.24, 2.45) is 0 Å². The molecule has 0 aliphatic heterocycles. The first-order chi connectivity index (χ1) is 33.0. The molecule has 0 unspecified atom stereocenters. The van der Waals surface area contributed by atoms with E-state index in [4.69, 9.17) is 4.42 Å². The average Bonchev–Trinajstić information content (AvgIpc) is 4.10. The molecule has 4 heteroatoms. The highest BCUT2D eigenvalue weighted by Crippen LogP contribution is 2.51.